The second-order valence-corrected chi connectivity index (χ2v) is 9.26. The van der Waals surface area contributed by atoms with Crippen LogP contribution < -0.4 is 10.1 Å². The van der Waals surface area contributed by atoms with Crippen LogP contribution in [0.2, 0.25) is 5.02 Å². The zero-order valence-electron chi connectivity index (χ0n) is 19.5. The van der Waals surface area contributed by atoms with Crippen LogP contribution in [0.25, 0.3) is 5.76 Å². The van der Waals surface area contributed by atoms with E-state index in [-0.39, 0.29) is 17.4 Å². The van der Waals surface area contributed by atoms with E-state index in [1.54, 1.807) is 53.4 Å². The third-order valence-corrected chi connectivity index (χ3v) is 6.34. The largest absolute Gasteiger partial charge is 0.507 e. The predicted molar refractivity (Wildman–Crippen MR) is 132 cm³/mol. The van der Waals surface area contributed by atoms with Gasteiger partial charge in [-0.25, -0.2) is 0 Å². The maximum atomic E-state index is 13.2. The first-order chi connectivity index (χ1) is 16.3. The summed E-state index contributed by atoms with van der Waals surface area (Å²) >= 11 is 6.09. The maximum absolute atomic E-state index is 13.2. The highest BCUT2D eigenvalue weighted by Gasteiger charge is 2.46. The molecule has 0 aromatic heterocycles. The summed E-state index contributed by atoms with van der Waals surface area (Å²) in [7, 11) is 0. The molecular formula is C26H30ClN3O4. The highest BCUT2D eigenvalue weighted by Crippen LogP contribution is 2.39. The topological polar surface area (TPSA) is 82.1 Å². The summed E-state index contributed by atoms with van der Waals surface area (Å²) in [6.45, 7) is 8.48. The molecule has 2 fully saturated rings. The minimum atomic E-state index is -0.688. The van der Waals surface area contributed by atoms with E-state index in [1.165, 1.54) is 0 Å². The summed E-state index contributed by atoms with van der Waals surface area (Å²) in [5.41, 5.74) is 1.27. The first-order valence-electron chi connectivity index (χ1n) is 11.6. The molecule has 1 atom stereocenters. The zero-order chi connectivity index (χ0) is 24.2. The van der Waals surface area contributed by atoms with Crippen LogP contribution in [0.5, 0.6) is 5.75 Å². The average Bonchev–Trinajstić information content (AvgIpc) is 3.08. The fourth-order valence-electron chi connectivity index (χ4n) is 4.41. The van der Waals surface area contributed by atoms with E-state index in [1.807, 2.05) is 13.8 Å². The van der Waals surface area contributed by atoms with Gasteiger partial charge in [0, 0.05) is 49.9 Å². The molecule has 7 nitrogen and oxygen atoms in total. The van der Waals surface area contributed by atoms with Crippen molar-refractivity contribution in [1.29, 1.82) is 0 Å². The van der Waals surface area contributed by atoms with Gasteiger partial charge in [0.1, 0.15) is 11.5 Å². The minimum absolute atomic E-state index is 0.0189. The van der Waals surface area contributed by atoms with Crippen LogP contribution in [0.1, 0.15) is 31.0 Å². The molecule has 4 rings (SSSR count). The van der Waals surface area contributed by atoms with E-state index in [2.05, 4.69) is 10.2 Å². The van der Waals surface area contributed by atoms with Gasteiger partial charge in [-0.3, -0.25) is 14.5 Å². The first kappa shape index (κ1) is 24.3. The lowest BCUT2D eigenvalue weighted by atomic mass is 9.95. The van der Waals surface area contributed by atoms with Crippen molar-refractivity contribution >= 4 is 29.1 Å². The lowest BCUT2D eigenvalue weighted by Gasteiger charge is -2.31. The van der Waals surface area contributed by atoms with Crippen LogP contribution in [0, 0.1) is 0 Å². The molecule has 180 valence electrons. The van der Waals surface area contributed by atoms with Crippen molar-refractivity contribution in [2.24, 2.45) is 0 Å². The van der Waals surface area contributed by atoms with Gasteiger partial charge in [0.2, 0.25) is 0 Å². The number of nitrogens with zero attached hydrogens (tertiary/aromatic N) is 2. The number of ether oxygens (including phenoxy) is 1. The molecule has 1 amide bonds. The number of aliphatic hydroxyl groups excluding tert-OH is 1. The second kappa shape index (κ2) is 10.6. The summed E-state index contributed by atoms with van der Waals surface area (Å²) in [4.78, 5) is 30.1. The maximum Gasteiger partial charge on any atom is 0.295 e. The molecule has 34 heavy (non-hydrogen) atoms. The van der Waals surface area contributed by atoms with Gasteiger partial charge in [-0.05, 0) is 55.8 Å². The van der Waals surface area contributed by atoms with Crippen LogP contribution in [0.4, 0.5) is 0 Å². The fraction of sp³-hybridized carbons (Fsp3) is 0.385. The summed E-state index contributed by atoms with van der Waals surface area (Å²) < 4.78 is 5.67. The number of benzene rings is 2. The predicted octanol–water partition coefficient (Wildman–Crippen LogP) is 3.45. The molecule has 0 aliphatic carbocycles. The monoisotopic (exact) mass is 483 g/mol. The number of nitrogens with one attached hydrogen (secondary N) is 1. The summed E-state index contributed by atoms with van der Waals surface area (Å²) in [6, 6.07) is 13.2. The SMILES string of the molecule is CC(C)Oc1ccc(C(O)=C2C(=O)C(=O)N(CCN3CCNCC3)[C@H]2c2ccc(Cl)cc2)cc1. The Morgan fingerprint density at radius 3 is 2.32 bits per heavy atom. The molecule has 0 radical (unpaired) electrons. The van der Waals surface area contributed by atoms with E-state index in [9.17, 15) is 14.7 Å². The molecule has 0 saturated carbocycles. The number of piperazine rings is 1. The Balaban J connectivity index is 1.69. The van der Waals surface area contributed by atoms with Gasteiger partial charge in [-0.15, -0.1) is 0 Å². The van der Waals surface area contributed by atoms with Gasteiger partial charge in [-0.1, -0.05) is 23.7 Å². The molecule has 0 bridgehead atoms. The molecule has 2 N–H and O–H groups in total. The molecule has 2 heterocycles. The number of halogens is 1. The molecule has 0 unspecified atom stereocenters. The first-order valence-corrected chi connectivity index (χ1v) is 12.0. The second-order valence-electron chi connectivity index (χ2n) is 8.83. The molecular weight excluding hydrogens is 454 g/mol. The van der Waals surface area contributed by atoms with Gasteiger partial charge < -0.3 is 20.1 Å². The van der Waals surface area contributed by atoms with Crippen molar-refractivity contribution < 1.29 is 19.4 Å². The number of hydrogen-bond acceptors (Lipinski definition) is 6. The van der Waals surface area contributed by atoms with Crippen molar-refractivity contribution in [3.05, 3.63) is 70.3 Å². The number of carbonyl (C=O) groups is 2. The Labute approximate surface area is 205 Å². The summed E-state index contributed by atoms with van der Waals surface area (Å²) in [5.74, 6) is -0.812. The highest BCUT2D eigenvalue weighted by molar-refractivity contribution is 6.46. The van der Waals surface area contributed by atoms with Crippen LogP contribution in [0.15, 0.2) is 54.1 Å². The number of amides is 1. The summed E-state index contributed by atoms with van der Waals surface area (Å²) in [6.07, 6.45) is 0.0189. The van der Waals surface area contributed by atoms with Gasteiger partial charge >= 0.3 is 0 Å². The van der Waals surface area contributed by atoms with Gasteiger partial charge in [0.25, 0.3) is 11.7 Å². The minimum Gasteiger partial charge on any atom is -0.507 e. The standard InChI is InChI=1S/C26H30ClN3O4/c1-17(2)34-21-9-5-19(6-10-21)24(31)22-23(18-3-7-20(27)8-4-18)30(26(33)25(22)32)16-15-29-13-11-28-12-14-29/h3-10,17,23,28,31H,11-16H2,1-2H3/t23-/m0/s1. The zero-order valence-corrected chi connectivity index (χ0v) is 20.2. The van der Waals surface area contributed by atoms with E-state index >= 15 is 0 Å². The quantitative estimate of drug-likeness (QED) is 0.356. The van der Waals surface area contributed by atoms with Crippen molar-refractivity contribution in [3.8, 4) is 5.75 Å². The van der Waals surface area contributed by atoms with Crippen LogP contribution in [-0.2, 0) is 9.59 Å². The Bertz CT molecular complexity index is 1060. The van der Waals surface area contributed by atoms with E-state index in [0.29, 0.717) is 29.4 Å². The molecule has 2 saturated heterocycles. The number of aliphatic hydroxyl groups is 1. The third kappa shape index (κ3) is 5.27. The van der Waals surface area contributed by atoms with Gasteiger partial charge in [0.15, 0.2) is 0 Å². The number of carbonyl (C=O) groups excluding carboxylic acids is 2. The Kier molecular flexibility index (Phi) is 7.56. The lowest BCUT2D eigenvalue weighted by molar-refractivity contribution is -0.140. The number of rotatable bonds is 7. The molecule has 2 aromatic carbocycles. The molecule has 8 heteroatoms. The Hall–Kier alpha value is -2.87. The highest BCUT2D eigenvalue weighted by atomic mass is 35.5. The number of Topliss-reactive ketones (excluding diaryl/α,β-unsaturated/α-hetero) is 1. The third-order valence-electron chi connectivity index (χ3n) is 6.09. The number of hydrogen-bond donors (Lipinski definition) is 2. The lowest BCUT2D eigenvalue weighted by Crippen LogP contribution is -2.46. The van der Waals surface area contributed by atoms with E-state index in [0.717, 1.165) is 31.7 Å². The molecule has 2 aromatic rings. The average molecular weight is 484 g/mol. The number of likely N-dealkylation sites (tertiary alicyclic amines) is 1. The Morgan fingerprint density at radius 1 is 1.06 bits per heavy atom. The van der Waals surface area contributed by atoms with Gasteiger partial charge in [0.05, 0.1) is 17.7 Å². The van der Waals surface area contributed by atoms with E-state index < -0.39 is 17.7 Å². The van der Waals surface area contributed by atoms with Crippen molar-refractivity contribution in [2.75, 3.05) is 39.3 Å². The fourth-order valence-corrected chi connectivity index (χ4v) is 4.53. The number of ketones is 1. The smallest absolute Gasteiger partial charge is 0.295 e. The normalized spacial score (nSPS) is 20.8. The van der Waals surface area contributed by atoms with E-state index in [4.69, 9.17) is 16.3 Å². The Morgan fingerprint density at radius 2 is 1.71 bits per heavy atom. The van der Waals surface area contributed by atoms with Crippen LogP contribution in [0.3, 0.4) is 0 Å². The van der Waals surface area contributed by atoms with Crippen LogP contribution in [-0.4, -0.2) is 72.0 Å². The molecule has 2 aliphatic heterocycles. The van der Waals surface area contributed by atoms with Gasteiger partial charge in [-0.2, -0.15) is 0 Å². The van der Waals surface area contributed by atoms with Crippen molar-refractivity contribution in [2.45, 2.75) is 26.0 Å². The molecule has 0 spiro atoms. The van der Waals surface area contributed by atoms with Crippen LogP contribution >= 0.6 is 11.6 Å². The van der Waals surface area contributed by atoms with Crippen molar-refractivity contribution in [1.82, 2.24) is 15.1 Å². The molecule has 2 aliphatic rings. The summed E-state index contributed by atoms with van der Waals surface area (Å²) in [5, 5.41) is 15.1. The van der Waals surface area contributed by atoms with Crippen molar-refractivity contribution in [3.63, 3.8) is 0 Å².